The fraction of sp³-hybridized carbons (Fsp3) is 0.409. The van der Waals surface area contributed by atoms with E-state index in [2.05, 4.69) is 15.1 Å². The Morgan fingerprint density at radius 1 is 1.26 bits per heavy atom. The largest absolute Gasteiger partial charge is 0.495 e. The summed E-state index contributed by atoms with van der Waals surface area (Å²) in [7, 11) is 1.63. The van der Waals surface area contributed by atoms with E-state index >= 15 is 0 Å². The van der Waals surface area contributed by atoms with Crippen LogP contribution in [0.15, 0.2) is 36.4 Å². The minimum absolute atomic E-state index is 0.0328. The van der Waals surface area contributed by atoms with Crippen LogP contribution in [0, 0.1) is 16.0 Å². The minimum atomic E-state index is -0.392. The maximum absolute atomic E-state index is 13.0. The minimum Gasteiger partial charge on any atom is -0.495 e. The lowest BCUT2D eigenvalue weighted by Crippen LogP contribution is -2.61. The number of halogens is 1. The lowest BCUT2D eigenvalue weighted by Gasteiger charge is -2.49. The van der Waals surface area contributed by atoms with Crippen molar-refractivity contribution < 1.29 is 14.5 Å². The van der Waals surface area contributed by atoms with Gasteiger partial charge >= 0.3 is 0 Å². The van der Waals surface area contributed by atoms with Crippen LogP contribution >= 0.6 is 11.6 Å². The number of rotatable bonds is 5. The first-order chi connectivity index (χ1) is 14.9. The molecule has 2 atom stereocenters. The molecule has 0 unspecified atom stereocenters. The van der Waals surface area contributed by atoms with E-state index in [1.54, 1.807) is 19.2 Å². The molecule has 0 saturated carbocycles. The molecule has 31 heavy (non-hydrogen) atoms. The third-order valence-corrected chi connectivity index (χ3v) is 6.31. The molecule has 1 amide bonds. The Hall–Kier alpha value is -3.00. The van der Waals surface area contributed by atoms with Gasteiger partial charge in [0.15, 0.2) is 0 Å². The number of methoxy groups -OCH3 is 1. The zero-order chi connectivity index (χ0) is 22.1. The molecule has 1 saturated heterocycles. The van der Waals surface area contributed by atoms with Crippen LogP contribution in [0.25, 0.3) is 0 Å². The molecular weight excluding hydrogens is 420 g/mol. The second-order valence-corrected chi connectivity index (χ2v) is 8.23. The monoisotopic (exact) mass is 444 g/mol. The van der Waals surface area contributed by atoms with Gasteiger partial charge in [0, 0.05) is 49.0 Å². The van der Waals surface area contributed by atoms with Gasteiger partial charge in [-0.1, -0.05) is 11.6 Å². The summed E-state index contributed by atoms with van der Waals surface area (Å²) in [5, 5.41) is 14.8. The number of carbonyl (C=O) groups is 1. The molecule has 164 valence electrons. The van der Waals surface area contributed by atoms with Crippen LogP contribution in [0.3, 0.4) is 0 Å². The molecule has 0 bridgehead atoms. The average Bonchev–Trinajstić information content (AvgIpc) is 2.77. The molecule has 4 rings (SSSR count). The summed E-state index contributed by atoms with van der Waals surface area (Å²) in [6.45, 7) is 4.44. The highest BCUT2D eigenvalue weighted by Crippen LogP contribution is 2.40. The Morgan fingerprint density at radius 3 is 2.77 bits per heavy atom. The first kappa shape index (κ1) is 21.2. The number of nitro groups is 1. The normalized spacial score (nSPS) is 20.0. The second-order valence-electron chi connectivity index (χ2n) is 7.80. The van der Waals surface area contributed by atoms with Crippen molar-refractivity contribution in [2.24, 2.45) is 5.92 Å². The van der Waals surface area contributed by atoms with Gasteiger partial charge in [-0.15, -0.1) is 0 Å². The quantitative estimate of drug-likeness (QED) is 0.562. The van der Waals surface area contributed by atoms with E-state index in [0.29, 0.717) is 37.6 Å². The second kappa shape index (κ2) is 8.63. The van der Waals surface area contributed by atoms with E-state index in [9.17, 15) is 14.9 Å². The van der Waals surface area contributed by atoms with Crippen molar-refractivity contribution in [3.63, 3.8) is 0 Å². The molecule has 2 aromatic rings. The fourth-order valence-electron chi connectivity index (χ4n) is 4.66. The van der Waals surface area contributed by atoms with Crippen LogP contribution in [-0.4, -0.2) is 50.2 Å². The van der Waals surface area contributed by atoms with Crippen molar-refractivity contribution >= 4 is 34.6 Å². The van der Waals surface area contributed by atoms with E-state index < -0.39 is 4.92 Å². The summed E-state index contributed by atoms with van der Waals surface area (Å²) in [4.78, 5) is 28.3. The molecular formula is C22H25ClN4O4. The highest BCUT2D eigenvalue weighted by molar-refractivity contribution is 6.31. The topological polar surface area (TPSA) is 87.9 Å². The van der Waals surface area contributed by atoms with Crippen LogP contribution in [0.1, 0.15) is 12.5 Å². The van der Waals surface area contributed by atoms with Gasteiger partial charge in [0.2, 0.25) is 5.91 Å². The molecule has 8 nitrogen and oxygen atoms in total. The third kappa shape index (κ3) is 3.99. The van der Waals surface area contributed by atoms with E-state index in [-0.39, 0.29) is 23.6 Å². The third-order valence-electron chi connectivity index (χ3n) is 6.08. The highest BCUT2D eigenvalue weighted by atomic mass is 35.5. The Morgan fingerprint density at radius 2 is 2.06 bits per heavy atom. The highest BCUT2D eigenvalue weighted by Gasteiger charge is 2.42. The summed E-state index contributed by atoms with van der Waals surface area (Å²) < 4.78 is 5.54. The zero-order valence-corrected chi connectivity index (χ0v) is 18.3. The van der Waals surface area contributed by atoms with Crippen molar-refractivity contribution in [3.05, 3.63) is 57.1 Å². The average molecular weight is 445 g/mol. The summed E-state index contributed by atoms with van der Waals surface area (Å²) in [6, 6.07) is 10.4. The summed E-state index contributed by atoms with van der Waals surface area (Å²) in [5.41, 5.74) is 2.76. The summed E-state index contributed by atoms with van der Waals surface area (Å²) >= 11 is 6.25. The smallest absolute Gasteiger partial charge is 0.269 e. The molecule has 0 aromatic heterocycles. The van der Waals surface area contributed by atoms with E-state index in [4.69, 9.17) is 16.3 Å². The molecule has 2 aliphatic heterocycles. The van der Waals surface area contributed by atoms with Gasteiger partial charge in [-0.3, -0.25) is 14.9 Å². The predicted molar refractivity (Wildman–Crippen MR) is 120 cm³/mol. The maximum atomic E-state index is 13.0. The number of non-ortho nitro benzene ring substituents is 1. The van der Waals surface area contributed by atoms with Gasteiger partial charge in [0.1, 0.15) is 5.75 Å². The van der Waals surface area contributed by atoms with Gasteiger partial charge in [-0.25, -0.2) is 0 Å². The first-order valence-electron chi connectivity index (χ1n) is 10.3. The van der Waals surface area contributed by atoms with Gasteiger partial charge in [0.25, 0.3) is 5.69 Å². The number of hydrogen-bond donors (Lipinski definition) is 1. The molecule has 1 fully saturated rings. The molecule has 9 heteroatoms. The van der Waals surface area contributed by atoms with Crippen LogP contribution in [-0.2, 0) is 11.2 Å². The van der Waals surface area contributed by atoms with Crippen LogP contribution in [0.4, 0.5) is 17.1 Å². The molecule has 0 radical (unpaired) electrons. The van der Waals surface area contributed by atoms with Gasteiger partial charge in [0.05, 0.1) is 29.7 Å². The van der Waals surface area contributed by atoms with Crippen LogP contribution in [0.2, 0.25) is 5.02 Å². The number of benzene rings is 2. The van der Waals surface area contributed by atoms with Crippen molar-refractivity contribution in [3.8, 4) is 5.75 Å². The van der Waals surface area contributed by atoms with Crippen LogP contribution < -0.4 is 19.9 Å². The number of nitro benzene ring substituents is 1. The van der Waals surface area contributed by atoms with Crippen molar-refractivity contribution in [1.82, 2.24) is 5.32 Å². The first-order valence-corrected chi connectivity index (χ1v) is 10.7. The standard InChI is InChI=1S/C22H25ClN4O4/c1-3-24-22(28)17-11-14-10-16(27(29)30)5-6-18(14)26-9-8-25(13-20(17)26)19-12-15(23)4-7-21(19)31-2/h4-7,10,12,17,20H,3,8-9,11,13H2,1-2H3,(H,24,28)/t17-,20+/m0/s1. The van der Waals surface area contributed by atoms with Crippen molar-refractivity contribution in [2.75, 3.05) is 43.1 Å². The molecule has 1 N–H and O–H groups in total. The van der Waals surface area contributed by atoms with Crippen molar-refractivity contribution in [2.45, 2.75) is 19.4 Å². The van der Waals surface area contributed by atoms with Crippen LogP contribution in [0.5, 0.6) is 5.75 Å². The lowest BCUT2D eigenvalue weighted by atomic mass is 9.83. The number of piperazine rings is 1. The Labute approximate surface area is 185 Å². The molecule has 0 aliphatic carbocycles. The number of carbonyl (C=O) groups excluding carboxylic acids is 1. The number of fused-ring (bicyclic) bond motifs is 3. The molecule has 0 spiro atoms. The van der Waals surface area contributed by atoms with Gasteiger partial charge in [-0.05, 0) is 43.2 Å². The maximum Gasteiger partial charge on any atom is 0.269 e. The lowest BCUT2D eigenvalue weighted by molar-refractivity contribution is -0.384. The number of ether oxygens (including phenoxy) is 1. The Bertz CT molecular complexity index is 1020. The SMILES string of the molecule is CCNC(=O)[C@H]1Cc2cc([N+](=O)[O-])ccc2N2CCN(c3cc(Cl)ccc3OC)C[C@H]12. The van der Waals surface area contributed by atoms with E-state index in [0.717, 1.165) is 22.7 Å². The van der Waals surface area contributed by atoms with Gasteiger partial charge < -0.3 is 19.9 Å². The van der Waals surface area contributed by atoms with Gasteiger partial charge in [-0.2, -0.15) is 0 Å². The number of nitrogens with zero attached hydrogens (tertiary/aromatic N) is 3. The Balaban J connectivity index is 1.70. The number of nitrogens with one attached hydrogen (secondary N) is 1. The van der Waals surface area contributed by atoms with Crippen molar-refractivity contribution in [1.29, 1.82) is 0 Å². The predicted octanol–water partition coefficient (Wildman–Crippen LogP) is 3.26. The van der Waals surface area contributed by atoms with E-state index in [1.807, 2.05) is 25.1 Å². The molecule has 2 heterocycles. The Kier molecular flexibility index (Phi) is 5.91. The van der Waals surface area contributed by atoms with E-state index in [1.165, 1.54) is 6.07 Å². The zero-order valence-electron chi connectivity index (χ0n) is 17.5. The number of hydrogen-bond acceptors (Lipinski definition) is 6. The summed E-state index contributed by atoms with van der Waals surface area (Å²) in [5.74, 6) is 0.385. The fourth-order valence-corrected chi connectivity index (χ4v) is 4.82. The number of anilines is 2. The number of amides is 1. The summed E-state index contributed by atoms with van der Waals surface area (Å²) in [6.07, 6.45) is 0.463. The molecule has 2 aliphatic rings. The molecule has 2 aromatic carbocycles.